The fraction of sp³-hybridized carbons (Fsp3) is 0.735. The molecule has 0 unspecified atom stereocenters. The highest BCUT2D eigenvalue weighted by Crippen LogP contribution is 2.67. The van der Waals surface area contributed by atoms with Crippen molar-refractivity contribution in [2.24, 2.45) is 46.3 Å². The molecule has 0 radical (unpaired) electrons. The molecule has 0 aromatic heterocycles. The van der Waals surface area contributed by atoms with Crippen LogP contribution in [-0.2, 0) is 4.74 Å². The van der Waals surface area contributed by atoms with Crippen LogP contribution in [0.25, 0.3) is 0 Å². The van der Waals surface area contributed by atoms with E-state index in [1.807, 2.05) is 12.1 Å². The highest BCUT2D eigenvalue weighted by atomic mass is 35.5. The molecule has 3 heteroatoms. The van der Waals surface area contributed by atoms with Crippen LogP contribution in [0.5, 0.6) is 0 Å². The molecule has 0 N–H and O–H groups in total. The summed E-state index contributed by atoms with van der Waals surface area (Å²) in [5.74, 6) is 4.83. The van der Waals surface area contributed by atoms with Crippen LogP contribution in [-0.4, -0.2) is 12.1 Å². The molecular weight excluding hydrogens is 476 g/mol. The van der Waals surface area contributed by atoms with E-state index < -0.39 is 0 Å². The van der Waals surface area contributed by atoms with Gasteiger partial charge in [0.15, 0.2) is 0 Å². The van der Waals surface area contributed by atoms with Crippen molar-refractivity contribution in [1.29, 1.82) is 0 Å². The molecule has 3 fully saturated rings. The first-order valence-electron chi connectivity index (χ1n) is 15.3. The second-order valence-corrected chi connectivity index (χ2v) is 14.4. The maximum absolute atomic E-state index is 12.8. The summed E-state index contributed by atoms with van der Waals surface area (Å²) in [7, 11) is 0. The minimum atomic E-state index is -0.276. The maximum Gasteiger partial charge on any atom is 0.339 e. The van der Waals surface area contributed by atoms with Gasteiger partial charge in [0, 0.05) is 6.42 Å². The van der Waals surface area contributed by atoms with E-state index in [4.69, 9.17) is 16.3 Å². The van der Waals surface area contributed by atoms with Crippen molar-refractivity contribution in [2.75, 3.05) is 0 Å². The third-order valence-corrected chi connectivity index (χ3v) is 12.0. The number of hydrogen-bond donors (Lipinski definition) is 0. The number of allylic oxidation sites excluding steroid dienone is 1. The Morgan fingerprint density at radius 2 is 1.81 bits per heavy atom. The number of ether oxygens (including phenoxy) is 1. The number of esters is 1. The van der Waals surface area contributed by atoms with Gasteiger partial charge >= 0.3 is 5.97 Å². The largest absolute Gasteiger partial charge is 0.458 e. The maximum atomic E-state index is 12.8. The molecule has 1 aromatic carbocycles. The minimum absolute atomic E-state index is 0.0314. The first-order chi connectivity index (χ1) is 17.6. The lowest BCUT2D eigenvalue weighted by atomic mass is 9.47. The Morgan fingerprint density at radius 1 is 1.03 bits per heavy atom. The van der Waals surface area contributed by atoms with Gasteiger partial charge in [-0.15, -0.1) is 0 Å². The first kappa shape index (κ1) is 27.3. The molecule has 0 saturated heterocycles. The zero-order chi connectivity index (χ0) is 26.4. The van der Waals surface area contributed by atoms with Gasteiger partial charge in [-0.1, -0.05) is 89.3 Å². The smallest absolute Gasteiger partial charge is 0.339 e. The van der Waals surface area contributed by atoms with E-state index >= 15 is 0 Å². The number of fused-ring (bicyclic) bond motifs is 5. The van der Waals surface area contributed by atoms with Gasteiger partial charge in [0.1, 0.15) is 6.10 Å². The van der Waals surface area contributed by atoms with Crippen molar-refractivity contribution in [3.8, 4) is 0 Å². The summed E-state index contributed by atoms with van der Waals surface area (Å²) in [6.07, 6.45) is 16.6. The van der Waals surface area contributed by atoms with E-state index in [1.54, 1.807) is 17.7 Å². The molecular formula is C34H49ClO2. The lowest BCUT2D eigenvalue weighted by Crippen LogP contribution is -2.51. The molecule has 1 aromatic rings. The fourth-order valence-corrected chi connectivity index (χ4v) is 9.81. The van der Waals surface area contributed by atoms with Crippen molar-refractivity contribution in [1.82, 2.24) is 0 Å². The summed E-state index contributed by atoms with van der Waals surface area (Å²) in [5, 5.41) is 0.474. The van der Waals surface area contributed by atoms with Crippen molar-refractivity contribution in [3.05, 3.63) is 46.5 Å². The summed E-state index contributed by atoms with van der Waals surface area (Å²) in [6, 6.07) is 7.22. The molecule has 0 spiro atoms. The summed E-state index contributed by atoms with van der Waals surface area (Å²) >= 11 is 6.26. The van der Waals surface area contributed by atoms with Crippen LogP contribution in [0.1, 0.15) is 116 Å². The van der Waals surface area contributed by atoms with Crippen LogP contribution in [0.15, 0.2) is 35.9 Å². The standard InChI is InChI=1S/C34H49ClO2/c1-22(2)9-8-10-23(3)28-15-16-29-26-14-13-24-21-25(37-32(36)27-11-6-7-12-31(27)35)17-19-33(24,4)30(26)18-20-34(28,29)5/h6-7,11-13,22-23,25-26,28-30H,8-10,14-21H2,1-5H3/t23-,25-,26+,28-,29+,30+,33+,34-/m1/s1. The molecule has 4 aliphatic rings. The van der Waals surface area contributed by atoms with Crippen LogP contribution < -0.4 is 0 Å². The van der Waals surface area contributed by atoms with E-state index in [2.05, 4.69) is 40.7 Å². The van der Waals surface area contributed by atoms with Gasteiger partial charge in [-0.3, -0.25) is 0 Å². The first-order valence-corrected chi connectivity index (χ1v) is 15.7. The number of rotatable bonds is 7. The summed E-state index contributed by atoms with van der Waals surface area (Å²) in [5.41, 5.74) is 2.86. The zero-order valence-corrected chi connectivity index (χ0v) is 24.7. The molecule has 5 rings (SSSR count). The molecule has 3 saturated carbocycles. The SMILES string of the molecule is CC(C)CCC[C@@H](C)[C@H]1CC[C@H]2[C@@H]3CC=C4C[C@H](OC(=O)c5ccccc5Cl)CC[C@]4(C)[C@H]3CC[C@]12C. The molecule has 0 bridgehead atoms. The Kier molecular flexibility index (Phi) is 7.90. The number of halogens is 1. The second kappa shape index (κ2) is 10.7. The normalized spacial score (nSPS) is 37.8. The van der Waals surface area contributed by atoms with Crippen molar-refractivity contribution in [3.63, 3.8) is 0 Å². The average Bonchev–Trinajstić information content (AvgIpc) is 3.21. The molecule has 37 heavy (non-hydrogen) atoms. The van der Waals surface area contributed by atoms with Crippen LogP contribution in [0, 0.1) is 46.3 Å². The molecule has 204 valence electrons. The second-order valence-electron chi connectivity index (χ2n) is 14.0. The van der Waals surface area contributed by atoms with Crippen LogP contribution in [0.2, 0.25) is 5.02 Å². The third-order valence-electron chi connectivity index (χ3n) is 11.6. The van der Waals surface area contributed by atoms with E-state index in [1.165, 1.54) is 51.4 Å². The Morgan fingerprint density at radius 3 is 2.57 bits per heavy atom. The predicted molar refractivity (Wildman–Crippen MR) is 154 cm³/mol. The Balaban J connectivity index is 1.26. The van der Waals surface area contributed by atoms with E-state index in [0.29, 0.717) is 16.0 Å². The summed E-state index contributed by atoms with van der Waals surface area (Å²) < 4.78 is 6.00. The fourth-order valence-electron chi connectivity index (χ4n) is 9.59. The topological polar surface area (TPSA) is 26.3 Å². The van der Waals surface area contributed by atoms with E-state index in [-0.39, 0.29) is 17.5 Å². The van der Waals surface area contributed by atoms with Gasteiger partial charge in [0.25, 0.3) is 0 Å². The Labute approximate surface area is 231 Å². The molecule has 0 amide bonds. The van der Waals surface area contributed by atoms with Crippen LogP contribution in [0.4, 0.5) is 0 Å². The lowest BCUT2D eigenvalue weighted by molar-refractivity contribution is -0.0594. The zero-order valence-electron chi connectivity index (χ0n) is 23.9. The quantitative estimate of drug-likeness (QED) is 0.262. The van der Waals surface area contributed by atoms with Crippen molar-refractivity contribution < 1.29 is 9.53 Å². The van der Waals surface area contributed by atoms with Crippen LogP contribution in [0.3, 0.4) is 0 Å². The van der Waals surface area contributed by atoms with Gasteiger partial charge in [-0.2, -0.15) is 0 Å². The van der Waals surface area contributed by atoms with Gasteiger partial charge in [-0.25, -0.2) is 4.79 Å². The Hall–Kier alpha value is -1.28. The Bertz CT molecular complexity index is 1010. The van der Waals surface area contributed by atoms with Gasteiger partial charge in [-0.05, 0) is 103 Å². The monoisotopic (exact) mass is 524 g/mol. The number of carbonyl (C=O) groups excluding carboxylic acids is 1. The van der Waals surface area contributed by atoms with Gasteiger partial charge in [0.05, 0.1) is 10.6 Å². The number of carbonyl (C=O) groups is 1. The molecule has 4 aliphatic carbocycles. The predicted octanol–water partition coefficient (Wildman–Crippen LogP) is 9.91. The summed E-state index contributed by atoms with van der Waals surface area (Å²) in [6.45, 7) is 12.5. The number of hydrogen-bond acceptors (Lipinski definition) is 2. The molecule has 0 aliphatic heterocycles. The van der Waals surface area contributed by atoms with Gasteiger partial charge in [0.2, 0.25) is 0 Å². The van der Waals surface area contributed by atoms with E-state index in [9.17, 15) is 4.79 Å². The van der Waals surface area contributed by atoms with E-state index in [0.717, 1.165) is 54.8 Å². The average molecular weight is 525 g/mol. The highest BCUT2D eigenvalue weighted by molar-refractivity contribution is 6.33. The summed E-state index contributed by atoms with van der Waals surface area (Å²) in [4.78, 5) is 12.8. The minimum Gasteiger partial charge on any atom is -0.458 e. The van der Waals surface area contributed by atoms with Gasteiger partial charge < -0.3 is 4.74 Å². The molecule has 0 heterocycles. The molecule has 2 nitrogen and oxygen atoms in total. The van der Waals surface area contributed by atoms with Crippen molar-refractivity contribution >= 4 is 17.6 Å². The molecule has 8 atom stereocenters. The van der Waals surface area contributed by atoms with Crippen molar-refractivity contribution in [2.45, 2.75) is 111 Å². The van der Waals surface area contributed by atoms with Crippen LogP contribution >= 0.6 is 11.6 Å². The lowest BCUT2D eigenvalue weighted by Gasteiger charge is -2.58. The highest BCUT2D eigenvalue weighted by Gasteiger charge is 2.59. The number of benzene rings is 1. The third kappa shape index (κ3) is 5.06.